The minimum Gasteiger partial charge on any atom is -0.453 e. The molecule has 16 nitrogen and oxygen atoms in total. The van der Waals surface area contributed by atoms with Crippen molar-refractivity contribution in [1.29, 1.82) is 0 Å². The van der Waals surface area contributed by atoms with E-state index in [4.69, 9.17) is 19.4 Å². The van der Waals surface area contributed by atoms with Gasteiger partial charge < -0.3 is 49.4 Å². The maximum atomic E-state index is 13.8. The predicted octanol–water partition coefficient (Wildman–Crippen LogP) is 8.16. The van der Waals surface area contributed by atoms with E-state index in [1.54, 1.807) is 24.0 Å². The number of nitrogens with zero attached hydrogens (tertiary/aromatic N) is 5. The van der Waals surface area contributed by atoms with Crippen molar-refractivity contribution in [1.82, 2.24) is 40.4 Å². The first-order valence-electron chi connectivity index (χ1n) is 22.5. The minimum absolute atomic E-state index is 0.0675. The standard InChI is InChI=1S/C47H56F3N9O7/c1-26(2)41(56-46(63)65-5)44(61)58-21-7-9-40(58)43-52-33-17-11-29(23-35(33)54-43)38-19-18-37(59(38)30-12-14-31(15-13-30)66-47(48,49)50)28-10-16-32-34(22-28)53-42(51-32)39-8-6-20-57(39)24-36(27(3)25-60)55-45(62)64-4/h10-17,22-23,25-27,36-41H,6-9,18-21,24H2,1-5H3,(H,51,53)(H,52,54)(H,55,62)(H,56,63)/t27?,36-,37-,38-,39+,40+,41+/m1/s1. The molecule has 8 rings (SSSR count). The third kappa shape index (κ3) is 9.76. The molecule has 7 atom stereocenters. The van der Waals surface area contributed by atoms with Gasteiger partial charge in [-0.05, 0) is 111 Å². The van der Waals surface area contributed by atoms with Crippen LogP contribution in [0, 0.1) is 11.8 Å². The van der Waals surface area contributed by atoms with Crippen molar-refractivity contribution in [3.8, 4) is 5.75 Å². The highest BCUT2D eigenvalue weighted by atomic mass is 19.4. The molecular formula is C47H56F3N9O7. The second-order valence-electron chi connectivity index (χ2n) is 17.8. The number of benzene rings is 3. The number of alkyl halides is 3. The molecule has 1 unspecified atom stereocenters. The Morgan fingerprint density at radius 1 is 0.773 bits per heavy atom. The van der Waals surface area contributed by atoms with Gasteiger partial charge in [0.2, 0.25) is 5.91 Å². The molecule has 0 bridgehead atoms. The Kier molecular flexibility index (Phi) is 13.5. The third-order valence-corrected chi connectivity index (χ3v) is 13.3. The summed E-state index contributed by atoms with van der Waals surface area (Å²) in [4.78, 5) is 73.1. The summed E-state index contributed by atoms with van der Waals surface area (Å²) in [6.45, 7) is 7.23. The number of fused-ring (bicyclic) bond motifs is 2. The Hall–Kier alpha value is -6.37. The number of anilines is 1. The van der Waals surface area contributed by atoms with Crippen molar-refractivity contribution in [3.05, 3.63) is 83.4 Å². The summed E-state index contributed by atoms with van der Waals surface area (Å²) in [7, 11) is 2.55. The van der Waals surface area contributed by atoms with Crippen LogP contribution in [0.5, 0.6) is 5.75 Å². The Morgan fingerprint density at radius 3 is 1.89 bits per heavy atom. The number of nitrogens with one attached hydrogen (secondary N) is 4. The quantitative estimate of drug-likeness (QED) is 0.0788. The highest BCUT2D eigenvalue weighted by Crippen LogP contribution is 2.48. The van der Waals surface area contributed by atoms with Crippen molar-refractivity contribution >= 4 is 52.1 Å². The first-order valence-corrected chi connectivity index (χ1v) is 22.5. The van der Waals surface area contributed by atoms with Crippen LogP contribution < -0.4 is 20.3 Å². The number of rotatable bonds is 14. The molecule has 3 saturated heterocycles. The van der Waals surface area contributed by atoms with Crippen molar-refractivity contribution in [2.75, 3.05) is 38.8 Å². The molecule has 3 aromatic carbocycles. The van der Waals surface area contributed by atoms with E-state index in [0.29, 0.717) is 25.3 Å². The molecule has 352 valence electrons. The number of alkyl carbamates (subject to hydrolysis) is 2. The van der Waals surface area contributed by atoms with E-state index in [1.165, 1.54) is 26.4 Å². The lowest BCUT2D eigenvalue weighted by Gasteiger charge is -2.33. The number of imidazole rings is 2. The number of H-pyrrole nitrogens is 2. The predicted molar refractivity (Wildman–Crippen MR) is 238 cm³/mol. The number of ether oxygens (including phenoxy) is 3. The van der Waals surface area contributed by atoms with Crippen LogP contribution in [0.3, 0.4) is 0 Å². The SMILES string of the molecule is COC(=O)N[C@H](C(=O)N1CCC[C@H]1c1nc2ccc([C@H]3CC[C@H](c4ccc5nc([C@@H]6CCCN6C[C@@H](NC(=O)OC)C(C)C=O)[nH]c5c4)N3c3ccc(OC(F)(F)F)cc3)cc2[nH]1)C(C)C. The summed E-state index contributed by atoms with van der Waals surface area (Å²) in [5.74, 6) is 0.309. The lowest BCUT2D eigenvalue weighted by molar-refractivity contribution is -0.274. The summed E-state index contributed by atoms with van der Waals surface area (Å²) >= 11 is 0. The number of aromatic amines is 2. The average Bonchev–Trinajstić information content (AvgIpc) is 4.15. The number of carbonyl (C=O) groups is 4. The van der Waals surface area contributed by atoms with Crippen molar-refractivity contribution < 1.29 is 46.6 Å². The van der Waals surface area contributed by atoms with Crippen molar-refractivity contribution in [2.45, 2.75) is 102 Å². The van der Waals surface area contributed by atoms with E-state index < -0.39 is 36.6 Å². The van der Waals surface area contributed by atoms with Gasteiger partial charge in [0, 0.05) is 24.7 Å². The second-order valence-corrected chi connectivity index (χ2v) is 17.8. The van der Waals surface area contributed by atoms with Gasteiger partial charge in [-0.2, -0.15) is 0 Å². The number of carbonyl (C=O) groups excluding carboxylic acids is 4. The van der Waals surface area contributed by atoms with E-state index in [1.807, 2.05) is 38.1 Å². The Labute approximate surface area is 379 Å². The van der Waals surface area contributed by atoms with Gasteiger partial charge in [0.15, 0.2) is 0 Å². The van der Waals surface area contributed by atoms with Crippen LogP contribution in [0.25, 0.3) is 22.1 Å². The molecule has 3 fully saturated rings. The van der Waals surface area contributed by atoms with Crippen LogP contribution >= 0.6 is 0 Å². The van der Waals surface area contributed by atoms with E-state index in [0.717, 1.165) is 89.6 Å². The molecule has 5 heterocycles. The summed E-state index contributed by atoms with van der Waals surface area (Å²) in [6, 6.07) is 16.2. The monoisotopic (exact) mass is 915 g/mol. The lowest BCUT2D eigenvalue weighted by atomic mass is 10.0. The Balaban J connectivity index is 1.08. The number of amides is 3. The van der Waals surface area contributed by atoms with Crippen LogP contribution in [-0.2, 0) is 19.1 Å². The fraction of sp³-hybridized carbons (Fsp3) is 0.489. The molecule has 4 N–H and O–H groups in total. The van der Waals surface area contributed by atoms with Gasteiger partial charge in [0.05, 0.1) is 66.5 Å². The van der Waals surface area contributed by atoms with Crippen LogP contribution in [0.2, 0.25) is 0 Å². The number of aromatic nitrogens is 4. The maximum Gasteiger partial charge on any atom is 0.573 e. The fourth-order valence-corrected chi connectivity index (χ4v) is 9.92. The van der Waals surface area contributed by atoms with Crippen molar-refractivity contribution in [2.24, 2.45) is 11.8 Å². The average molecular weight is 916 g/mol. The van der Waals surface area contributed by atoms with Crippen LogP contribution in [0.4, 0.5) is 28.4 Å². The molecule has 66 heavy (non-hydrogen) atoms. The lowest BCUT2D eigenvalue weighted by Crippen LogP contribution is -2.51. The molecule has 0 spiro atoms. The molecule has 2 aromatic heterocycles. The number of likely N-dealkylation sites (tertiary alicyclic amines) is 2. The molecule has 3 amide bonds. The Morgan fingerprint density at radius 2 is 1.33 bits per heavy atom. The van der Waals surface area contributed by atoms with Gasteiger partial charge >= 0.3 is 18.5 Å². The Bertz CT molecular complexity index is 2550. The number of halogens is 3. The van der Waals surface area contributed by atoms with E-state index in [-0.39, 0.29) is 41.7 Å². The molecule has 19 heteroatoms. The third-order valence-electron chi connectivity index (χ3n) is 13.3. The number of methoxy groups -OCH3 is 2. The van der Waals surface area contributed by atoms with Gasteiger partial charge in [-0.3, -0.25) is 9.69 Å². The van der Waals surface area contributed by atoms with Gasteiger partial charge in [0.25, 0.3) is 0 Å². The number of hydrogen-bond donors (Lipinski definition) is 4. The molecule has 3 aliphatic heterocycles. The molecule has 0 saturated carbocycles. The summed E-state index contributed by atoms with van der Waals surface area (Å²) in [5, 5.41) is 5.50. The first kappa shape index (κ1) is 46.2. The maximum absolute atomic E-state index is 13.8. The van der Waals surface area contributed by atoms with Crippen LogP contribution in [0.15, 0.2) is 60.7 Å². The summed E-state index contributed by atoms with van der Waals surface area (Å²) in [6.07, 6.45) is -0.579. The van der Waals surface area contributed by atoms with E-state index in [2.05, 4.69) is 47.3 Å². The van der Waals surface area contributed by atoms with Gasteiger partial charge in [-0.25, -0.2) is 19.6 Å². The van der Waals surface area contributed by atoms with Crippen molar-refractivity contribution in [3.63, 3.8) is 0 Å². The summed E-state index contributed by atoms with van der Waals surface area (Å²) in [5.41, 5.74) is 5.82. The molecule has 0 aliphatic carbocycles. The smallest absolute Gasteiger partial charge is 0.453 e. The van der Waals surface area contributed by atoms with Gasteiger partial charge in [-0.1, -0.05) is 32.9 Å². The topological polar surface area (TPSA) is 187 Å². The minimum atomic E-state index is -4.83. The normalized spacial score (nSPS) is 21.6. The van der Waals surface area contributed by atoms with Crippen LogP contribution in [-0.4, -0.2) is 106 Å². The van der Waals surface area contributed by atoms with Crippen LogP contribution in [0.1, 0.15) is 106 Å². The summed E-state index contributed by atoms with van der Waals surface area (Å²) < 4.78 is 53.5. The highest BCUT2D eigenvalue weighted by molar-refractivity contribution is 5.86. The molecule has 5 aromatic rings. The molecular weight excluding hydrogens is 860 g/mol. The fourth-order valence-electron chi connectivity index (χ4n) is 9.92. The van der Waals surface area contributed by atoms with Gasteiger partial charge in [-0.15, -0.1) is 13.2 Å². The highest BCUT2D eigenvalue weighted by Gasteiger charge is 2.40. The number of hydrogen-bond acceptors (Lipinski definition) is 11. The zero-order valence-electron chi connectivity index (χ0n) is 37.6. The van der Waals surface area contributed by atoms with E-state index in [9.17, 15) is 32.3 Å². The van der Waals surface area contributed by atoms with Gasteiger partial charge in [0.1, 0.15) is 29.7 Å². The second kappa shape index (κ2) is 19.2. The number of aldehydes is 1. The largest absolute Gasteiger partial charge is 0.573 e. The molecule has 3 aliphatic rings. The zero-order valence-corrected chi connectivity index (χ0v) is 37.6. The zero-order chi connectivity index (χ0) is 46.9. The van der Waals surface area contributed by atoms with E-state index >= 15 is 0 Å². The first-order chi connectivity index (χ1) is 31.6. The molecule has 0 radical (unpaired) electrons.